The molecule has 3 atom stereocenters. The Morgan fingerprint density at radius 2 is 1.95 bits per heavy atom. The first-order valence-electron chi connectivity index (χ1n) is 8.08. The van der Waals surface area contributed by atoms with Crippen LogP contribution in [0.5, 0.6) is 0 Å². The molecule has 2 rings (SSSR count). The Kier molecular flexibility index (Phi) is 4.91. The van der Waals surface area contributed by atoms with Crippen molar-refractivity contribution in [3.05, 3.63) is 0 Å². The summed E-state index contributed by atoms with van der Waals surface area (Å²) in [5.74, 6) is 0.689. The molecule has 2 N–H and O–H groups in total. The summed E-state index contributed by atoms with van der Waals surface area (Å²) < 4.78 is 0. The largest absolute Gasteiger partial charge is 0.327 e. The van der Waals surface area contributed by atoms with Gasteiger partial charge < -0.3 is 10.6 Å². The summed E-state index contributed by atoms with van der Waals surface area (Å²) in [7, 11) is 2.25. The van der Waals surface area contributed by atoms with Crippen LogP contribution in [0.1, 0.15) is 46.5 Å². The minimum Gasteiger partial charge on any atom is -0.327 e. The van der Waals surface area contributed by atoms with E-state index in [1.54, 1.807) is 0 Å². The van der Waals surface area contributed by atoms with Crippen LogP contribution in [0.3, 0.4) is 0 Å². The molecule has 1 saturated heterocycles. The fourth-order valence-electron chi connectivity index (χ4n) is 4.00. The van der Waals surface area contributed by atoms with E-state index in [0.29, 0.717) is 23.4 Å². The molecule has 0 bridgehead atoms. The molecule has 19 heavy (non-hydrogen) atoms. The second-order valence-corrected chi connectivity index (χ2v) is 7.63. The number of rotatable bonds is 2. The van der Waals surface area contributed by atoms with Crippen molar-refractivity contribution in [2.45, 2.75) is 58.5 Å². The first-order chi connectivity index (χ1) is 8.90. The zero-order chi connectivity index (χ0) is 14.0. The van der Waals surface area contributed by atoms with Gasteiger partial charge in [-0.3, -0.25) is 4.90 Å². The minimum atomic E-state index is 0.328. The second kappa shape index (κ2) is 6.11. The summed E-state index contributed by atoms with van der Waals surface area (Å²) in [4.78, 5) is 5.16. The van der Waals surface area contributed by atoms with Crippen molar-refractivity contribution in [2.24, 2.45) is 17.1 Å². The predicted molar refractivity (Wildman–Crippen MR) is 82.2 cm³/mol. The topological polar surface area (TPSA) is 32.5 Å². The third-order valence-corrected chi connectivity index (χ3v) is 5.46. The fourth-order valence-corrected chi connectivity index (χ4v) is 4.00. The highest BCUT2D eigenvalue weighted by atomic mass is 15.2. The average Bonchev–Trinajstić information content (AvgIpc) is 2.47. The van der Waals surface area contributed by atoms with E-state index in [1.165, 1.54) is 51.9 Å². The van der Waals surface area contributed by atoms with Gasteiger partial charge in [0.25, 0.3) is 0 Å². The molecular formula is C16H33N3. The standard InChI is InChI=1S/C16H33N3/c1-13-11-18(4)9-6-10-19(13)12-14-7-5-8-16(2,3)15(14)17/h13-15H,5-12,17H2,1-4H3. The van der Waals surface area contributed by atoms with Crippen molar-refractivity contribution in [3.8, 4) is 0 Å². The van der Waals surface area contributed by atoms with E-state index in [-0.39, 0.29) is 0 Å². The molecule has 0 aromatic heterocycles. The van der Waals surface area contributed by atoms with Crippen LogP contribution in [0.2, 0.25) is 0 Å². The van der Waals surface area contributed by atoms with Crippen molar-refractivity contribution in [1.82, 2.24) is 9.80 Å². The molecule has 1 aliphatic heterocycles. The van der Waals surface area contributed by atoms with Gasteiger partial charge in [0.2, 0.25) is 0 Å². The minimum absolute atomic E-state index is 0.328. The molecule has 0 spiro atoms. The molecule has 0 amide bonds. The molecular weight excluding hydrogens is 234 g/mol. The van der Waals surface area contributed by atoms with Crippen molar-refractivity contribution < 1.29 is 0 Å². The molecule has 1 saturated carbocycles. The molecule has 0 aromatic rings. The van der Waals surface area contributed by atoms with Crippen LogP contribution in [0.25, 0.3) is 0 Å². The molecule has 3 heteroatoms. The molecule has 1 heterocycles. The number of hydrogen-bond donors (Lipinski definition) is 1. The third kappa shape index (κ3) is 3.71. The number of nitrogens with two attached hydrogens (primary N) is 1. The smallest absolute Gasteiger partial charge is 0.0194 e. The van der Waals surface area contributed by atoms with E-state index in [4.69, 9.17) is 5.73 Å². The first-order valence-corrected chi connectivity index (χ1v) is 8.08. The van der Waals surface area contributed by atoms with E-state index in [1.807, 2.05) is 0 Å². The molecule has 3 nitrogen and oxygen atoms in total. The van der Waals surface area contributed by atoms with Crippen molar-refractivity contribution in [3.63, 3.8) is 0 Å². The van der Waals surface area contributed by atoms with E-state index in [2.05, 4.69) is 37.6 Å². The SMILES string of the molecule is CC1CN(C)CCCN1CC1CCCC(C)(C)C1N. The number of hydrogen-bond acceptors (Lipinski definition) is 3. The Hall–Kier alpha value is -0.120. The Labute approximate surface area is 119 Å². The summed E-state index contributed by atoms with van der Waals surface area (Å²) in [5, 5.41) is 0. The van der Waals surface area contributed by atoms with E-state index in [9.17, 15) is 0 Å². The Bertz CT molecular complexity index is 290. The lowest BCUT2D eigenvalue weighted by Crippen LogP contribution is -2.51. The maximum Gasteiger partial charge on any atom is 0.0194 e. The van der Waals surface area contributed by atoms with E-state index >= 15 is 0 Å². The molecule has 112 valence electrons. The number of nitrogens with zero attached hydrogens (tertiary/aromatic N) is 2. The fraction of sp³-hybridized carbons (Fsp3) is 1.00. The van der Waals surface area contributed by atoms with Crippen molar-refractivity contribution >= 4 is 0 Å². The van der Waals surface area contributed by atoms with Crippen molar-refractivity contribution in [2.75, 3.05) is 33.2 Å². The summed E-state index contributed by atoms with van der Waals surface area (Å²) in [5.41, 5.74) is 6.88. The summed E-state index contributed by atoms with van der Waals surface area (Å²) in [6.45, 7) is 12.0. The van der Waals surface area contributed by atoms with Gasteiger partial charge in [0.05, 0.1) is 0 Å². The van der Waals surface area contributed by atoms with Crippen LogP contribution in [-0.4, -0.2) is 55.1 Å². The van der Waals surface area contributed by atoms with Gasteiger partial charge in [-0.05, 0) is 57.7 Å². The Balaban J connectivity index is 1.95. The van der Waals surface area contributed by atoms with Crippen LogP contribution in [0, 0.1) is 11.3 Å². The van der Waals surface area contributed by atoms with Gasteiger partial charge >= 0.3 is 0 Å². The first kappa shape index (κ1) is 15.3. The maximum absolute atomic E-state index is 6.55. The summed E-state index contributed by atoms with van der Waals surface area (Å²) in [6, 6.07) is 1.04. The molecule has 1 aliphatic carbocycles. The molecule has 2 fully saturated rings. The van der Waals surface area contributed by atoms with Crippen LogP contribution in [0.4, 0.5) is 0 Å². The van der Waals surface area contributed by atoms with Crippen LogP contribution in [0.15, 0.2) is 0 Å². The molecule has 3 unspecified atom stereocenters. The van der Waals surface area contributed by atoms with Crippen LogP contribution in [-0.2, 0) is 0 Å². The molecule has 0 aromatic carbocycles. The second-order valence-electron chi connectivity index (χ2n) is 7.63. The lowest BCUT2D eigenvalue weighted by Gasteiger charge is -2.44. The lowest BCUT2D eigenvalue weighted by atomic mass is 9.68. The summed E-state index contributed by atoms with van der Waals surface area (Å²) in [6.07, 6.45) is 5.27. The highest BCUT2D eigenvalue weighted by Gasteiger charge is 2.37. The molecule has 0 radical (unpaired) electrons. The average molecular weight is 267 g/mol. The van der Waals surface area contributed by atoms with Gasteiger partial charge in [0.1, 0.15) is 0 Å². The van der Waals surface area contributed by atoms with Crippen LogP contribution < -0.4 is 5.73 Å². The highest BCUT2D eigenvalue weighted by molar-refractivity contribution is 4.93. The Morgan fingerprint density at radius 3 is 2.68 bits per heavy atom. The van der Waals surface area contributed by atoms with Gasteiger partial charge in [-0.25, -0.2) is 0 Å². The van der Waals surface area contributed by atoms with E-state index in [0.717, 1.165) is 0 Å². The van der Waals surface area contributed by atoms with Crippen LogP contribution >= 0.6 is 0 Å². The monoisotopic (exact) mass is 267 g/mol. The van der Waals surface area contributed by atoms with Crippen molar-refractivity contribution in [1.29, 1.82) is 0 Å². The Morgan fingerprint density at radius 1 is 1.21 bits per heavy atom. The van der Waals surface area contributed by atoms with Gasteiger partial charge in [0.15, 0.2) is 0 Å². The highest BCUT2D eigenvalue weighted by Crippen LogP contribution is 2.38. The zero-order valence-corrected chi connectivity index (χ0v) is 13.4. The third-order valence-electron chi connectivity index (χ3n) is 5.46. The number of likely N-dealkylation sites (N-methyl/N-ethyl adjacent to an activating group) is 1. The van der Waals surface area contributed by atoms with Gasteiger partial charge in [-0.2, -0.15) is 0 Å². The van der Waals surface area contributed by atoms with Gasteiger partial charge in [-0.1, -0.05) is 20.3 Å². The van der Waals surface area contributed by atoms with E-state index < -0.39 is 0 Å². The predicted octanol–water partition coefficient (Wildman–Crippen LogP) is 2.17. The maximum atomic E-state index is 6.55. The summed E-state index contributed by atoms with van der Waals surface area (Å²) >= 11 is 0. The normalized spacial score (nSPS) is 38.1. The van der Waals surface area contributed by atoms with Gasteiger partial charge in [0, 0.05) is 25.2 Å². The quantitative estimate of drug-likeness (QED) is 0.832. The zero-order valence-electron chi connectivity index (χ0n) is 13.4. The van der Waals surface area contributed by atoms with Gasteiger partial charge in [-0.15, -0.1) is 0 Å². The molecule has 2 aliphatic rings. The lowest BCUT2D eigenvalue weighted by molar-refractivity contribution is 0.0875.